The minimum atomic E-state index is -4.70. The normalized spacial score (nSPS) is 12.6. The summed E-state index contributed by atoms with van der Waals surface area (Å²) in [6.07, 6.45) is -6.41. The van der Waals surface area contributed by atoms with E-state index in [2.05, 4.69) is 0 Å². The molecule has 0 amide bonds. The van der Waals surface area contributed by atoms with E-state index in [-0.39, 0.29) is 37.4 Å². The van der Waals surface area contributed by atoms with Crippen LogP contribution in [0, 0.1) is 0 Å². The summed E-state index contributed by atoms with van der Waals surface area (Å²) in [5.74, 6) is -0.432. The van der Waals surface area contributed by atoms with Crippen molar-refractivity contribution in [1.29, 1.82) is 0 Å². The summed E-state index contributed by atoms with van der Waals surface area (Å²) in [5, 5.41) is 18.4. The zero-order valence-corrected chi connectivity index (χ0v) is 18.1. The molecule has 0 aliphatic carbocycles. The standard InChI is InChI=1S/C22H23F6NO3.ClH/c23-21(24,25)17-5-1-3-15(11-17)4-2-10-32-19-7-6-16(12-18(19)22(26,27)28)8-9-20(29,13-30)14-31;/h1-7,11-12,30-31H,8-10,13-14,29H2;1H/b4-2+;. The number of nitrogens with two attached hydrogens (primary N) is 1. The molecule has 0 radical (unpaired) electrons. The van der Waals surface area contributed by atoms with Crippen LogP contribution in [-0.2, 0) is 18.8 Å². The van der Waals surface area contributed by atoms with Gasteiger partial charge in [-0.25, -0.2) is 0 Å². The van der Waals surface area contributed by atoms with Crippen LogP contribution in [-0.4, -0.2) is 35.6 Å². The smallest absolute Gasteiger partial charge is 0.419 e. The van der Waals surface area contributed by atoms with E-state index in [9.17, 15) is 36.6 Å². The zero-order valence-electron chi connectivity index (χ0n) is 17.3. The van der Waals surface area contributed by atoms with Gasteiger partial charge in [0, 0.05) is 0 Å². The summed E-state index contributed by atoms with van der Waals surface area (Å²) in [4.78, 5) is 0. The molecule has 0 aromatic heterocycles. The molecule has 184 valence electrons. The Morgan fingerprint density at radius 1 is 0.909 bits per heavy atom. The zero-order chi connectivity index (χ0) is 24.0. The maximum atomic E-state index is 13.5. The SMILES string of the molecule is Cl.NC(CO)(CO)CCc1ccc(OC/C=C/c2cccc(C(F)(F)F)c2)c(C(F)(F)F)c1. The average molecular weight is 500 g/mol. The molecular weight excluding hydrogens is 476 g/mol. The second-order valence-corrected chi connectivity index (χ2v) is 7.34. The molecule has 4 N–H and O–H groups in total. The van der Waals surface area contributed by atoms with Gasteiger partial charge in [-0.2, -0.15) is 26.3 Å². The van der Waals surface area contributed by atoms with Gasteiger partial charge in [-0.05, 0) is 54.3 Å². The topological polar surface area (TPSA) is 75.7 Å². The molecule has 0 aliphatic rings. The highest BCUT2D eigenvalue weighted by Gasteiger charge is 2.35. The van der Waals surface area contributed by atoms with Crippen LogP contribution in [0.1, 0.15) is 28.7 Å². The Morgan fingerprint density at radius 2 is 1.58 bits per heavy atom. The first-order chi connectivity index (χ1) is 14.9. The Kier molecular flexibility index (Phi) is 10.2. The summed E-state index contributed by atoms with van der Waals surface area (Å²) in [6, 6.07) is 7.96. The van der Waals surface area contributed by atoms with Gasteiger partial charge in [0.2, 0.25) is 0 Å². The van der Waals surface area contributed by atoms with Crippen molar-refractivity contribution in [3.8, 4) is 5.75 Å². The number of ether oxygens (including phenoxy) is 1. The molecule has 0 unspecified atom stereocenters. The van der Waals surface area contributed by atoms with Crippen LogP contribution in [0.4, 0.5) is 26.3 Å². The number of alkyl halides is 6. The Morgan fingerprint density at radius 3 is 2.15 bits per heavy atom. The lowest BCUT2D eigenvalue weighted by Crippen LogP contribution is -2.47. The Balaban J connectivity index is 0.00000544. The molecule has 4 nitrogen and oxygen atoms in total. The fourth-order valence-corrected chi connectivity index (χ4v) is 2.82. The monoisotopic (exact) mass is 499 g/mol. The molecule has 0 saturated heterocycles. The molecular formula is C22H24ClF6NO3. The van der Waals surface area contributed by atoms with Gasteiger partial charge in [0.25, 0.3) is 0 Å². The lowest BCUT2D eigenvalue weighted by Gasteiger charge is -2.24. The largest absolute Gasteiger partial charge is 0.489 e. The summed E-state index contributed by atoms with van der Waals surface area (Å²) >= 11 is 0. The molecule has 0 aliphatic heterocycles. The molecule has 0 spiro atoms. The second kappa shape index (κ2) is 11.7. The first-order valence-electron chi connectivity index (χ1n) is 9.55. The van der Waals surface area contributed by atoms with E-state index in [1.54, 1.807) is 0 Å². The molecule has 0 saturated carbocycles. The van der Waals surface area contributed by atoms with Gasteiger partial charge < -0.3 is 20.7 Å². The van der Waals surface area contributed by atoms with Gasteiger partial charge in [0.05, 0.1) is 29.9 Å². The molecule has 2 aromatic carbocycles. The number of hydrogen-bond acceptors (Lipinski definition) is 4. The van der Waals surface area contributed by atoms with Crippen LogP contribution < -0.4 is 10.5 Å². The van der Waals surface area contributed by atoms with Crippen LogP contribution in [0.25, 0.3) is 6.08 Å². The van der Waals surface area contributed by atoms with Gasteiger partial charge in [-0.15, -0.1) is 12.4 Å². The fourth-order valence-electron chi connectivity index (χ4n) is 2.82. The van der Waals surface area contributed by atoms with Gasteiger partial charge in [0.1, 0.15) is 12.4 Å². The minimum absolute atomic E-state index is 0. The maximum absolute atomic E-state index is 13.5. The minimum Gasteiger partial charge on any atom is -0.489 e. The highest BCUT2D eigenvalue weighted by molar-refractivity contribution is 5.85. The highest BCUT2D eigenvalue weighted by Crippen LogP contribution is 2.37. The summed E-state index contributed by atoms with van der Waals surface area (Å²) in [7, 11) is 0. The van der Waals surface area contributed by atoms with E-state index in [0.717, 1.165) is 24.3 Å². The van der Waals surface area contributed by atoms with E-state index >= 15 is 0 Å². The molecule has 0 heterocycles. The van der Waals surface area contributed by atoms with Crippen molar-refractivity contribution >= 4 is 18.5 Å². The van der Waals surface area contributed by atoms with Crippen LogP contribution in [0.3, 0.4) is 0 Å². The van der Waals surface area contributed by atoms with Gasteiger partial charge >= 0.3 is 12.4 Å². The molecule has 2 rings (SSSR count). The molecule has 11 heteroatoms. The van der Waals surface area contributed by atoms with Gasteiger partial charge in [-0.3, -0.25) is 0 Å². The van der Waals surface area contributed by atoms with Gasteiger partial charge in [0.15, 0.2) is 0 Å². The van der Waals surface area contributed by atoms with Crippen LogP contribution in [0.5, 0.6) is 5.75 Å². The van der Waals surface area contributed by atoms with E-state index in [0.29, 0.717) is 5.56 Å². The second-order valence-electron chi connectivity index (χ2n) is 7.34. The third-order valence-corrected chi connectivity index (χ3v) is 4.75. The van der Waals surface area contributed by atoms with Crippen LogP contribution in [0.2, 0.25) is 0 Å². The summed E-state index contributed by atoms with van der Waals surface area (Å²) in [5.41, 5.74) is 3.11. The van der Waals surface area contributed by atoms with Gasteiger partial charge in [-0.1, -0.05) is 24.3 Å². The number of halogens is 7. The first-order valence-corrected chi connectivity index (χ1v) is 9.55. The maximum Gasteiger partial charge on any atom is 0.419 e. The predicted molar refractivity (Wildman–Crippen MR) is 114 cm³/mol. The molecule has 2 aromatic rings. The highest BCUT2D eigenvalue weighted by atomic mass is 35.5. The number of aliphatic hydroxyl groups excluding tert-OH is 2. The third-order valence-electron chi connectivity index (χ3n) is 4.75. The van der Waals surface area contributed by atoms with Crippen LogP contribution >= 0.6 is 12.4 Å². The fraction of sp³-hybridized carbons (Fsp3) is 0.364. The lowest BCUT2D eigenvalue weighted by molar-refractivity contribution is -0.139. The number of benzene rings is 2. The van der Waals surface area contributed by atoms with Crippen molar-refractivity contribution in [2.75, 3.05) is 19.8 Å². The predicted octanol–water partition coefficient (Wildman–Crippen LogP) is 4.85. The van der Waals surface area contributed by atoms with Crippen molar-refractivity contribution in [3.63, 3.8) is 0 Å². The van der Waals surface area contributed by atoms with Crippen LogP contribution in [0.15, 0.2) is 48.5 Å². The van der Waals surface area contributed by atoms with E-state index in [4.69, 9.17) is 10.5 Å². The van der Waals surface area contributed by atoms with E-state index in [1.807, 2.05) is 0 Å². The van der Waals surface area contributed by atoms with E-state index in [1.165, 1.54) is 30.4 Å². The Labute approximate surface area is 193 Å². The summed E-state index contributed by atoms with van der Waals surface area (Å²) in [6.45, 7) is -1.33. The molecule has 0 bridgehead atoms. The average Bonchev–Trinajstić information content (AvgIpc) is 2.74. The summed E-state index contributed by atoms with van der Waals surface area (Å²) < 4.78 is 83.8. The Hall–Kier alpha value is -2.27. The molecule has 0 fully saturated rings. The number of aryl methyl sites for hydroxylation is 1. The Bertz CT molecular complexity index is 927. The van der Waals surface area contributed by atoms with Crippen molar-refractivity contribution < 1.29 is 41.3 Å². The van der Waals surface area contributed by atoms with Crippen molar-refractivity contribution in [2.45, 2.75) is 30.7 Å². The van der Waals surface area contributed by atoms with Crippen molar-refractivity contribution in [1.82, 2.24) is 0 Å². The van der Waals surface area contributed by atoms with Crippen molar-refractivity contribution in [2.24, 2.45) is 5.73 Å². The molecule has 0 atom stereocenters. The lowest BCUT2D eigenvalue weighted by atomic mass is 9.93. The quantitative estimate of drug-likeness (QED) is 0.431. The molecule has 33 heavy (non-hydrogen) atoms. The number of rotatable bonds is 9. The van der Waals surface area contributed by atoms with E-state index < -0.39 is 48.0 Å². The third kappa shape index (κ3) is 8.54. The number of hydrogen-bond donors (Lipinski definition) is 3. The first kappa shape index (κ1) is 28.8. The number of aliphatic hydroxyl groups is 2. The van der Waals surface area contributed by atoms with Crippen molar-refractivity contribution in [3.05, 3.63) is 70.8 Å².